The first-order valence-electron chi connectivity index (χ1n) is 12.9. The van der Waals surface area contributed by atoms with E-state index >= 15 is 0 Å². The number of carbonyl (C=O) groups excluding carboxylic acids is 1. The van der Waals surface area contributed by atoms with E-state index in [1.807, 2.05) is 28.9 Å². The smallest absolute Gasteiger partial charge is 0.309 e. The third-order valence-corrected chi connectivity index (χ3v) is 8.33. The molecule has 2 saturated heterocycles. The summed E-state index contributed by atoms with van der Waals surface area (Å²) in [6.07, 6.45) is 4.61. The molecule has 0 saturated carbocycles. The number of hydrogen-bond acceptors (Lipinski definition) is 10. The number of carbonyl (C=O) groups is 2. The number of rotatable bonds is 8. The number of aliphatic carboxylic acids is 1. The quantitative estimate of drug-likeness (QED) is 0.290. The second kappa shape index (κ2) is 11.2. The van der Waals surface area contributed by atoms with Gasteiger partial charge in [0.1, 0.15) is 0 Å². The van der Waals surface area contributed by atoms with Gasteiger partial charge in [0.2, 0.25) is 5.95 Å². The molecule has 5 rings (SSSR count). The van der Waals surface area contributed by atoms with Gasteiger partial charge in [0.15, 0.2) is 5.13 Å². The lowest BCUT2D eigenvalue weighted by Crippen LogP contribution is -2.43. The van der Waals surface area contributed by atoms with Crippen molar-refractivity contribution < 1.29 is 19.4 Å². The minimum atomic E-state index is -0.756. The molecule has 2 aliphatic rings. The number of morpholine rings is 1. The Morgan fingerprint density at radius 2 is 1.82 bits per heavy atom. The first-order chi connectivity index (χ1) is 18.4. The lowest BCUT2D eigenvalue weighted by atomic mass is 9.80. The highest BCUT2D eigenvalue weighted by Crippen LogP contribution is 2.35. The van der Waals surface area contributed by atoms with Crippen molar-refractivity contribution in [2.75, 3.05) is 62.8 Å². The second-order valence-corrected chi connectivity index (χ2v) is 10.9. The summed E-state index contributed by atoms with van der Waals surface area (Å²) in [5.41, 5.74) is 2.26. The molecule has 38 heavy (non-hydrogen) atoms. The lowest BCUT2D eigenvalue weighted by molar-refractivity contribution is -0.149. The van der Waals surface area contributed by atoms with Crippen LogP contribution in [0.25, 0.3) is 21.3 Å². The molecule has 4 heterocycles. The number of amides is 1. The molecular weight excluding hydrogens is 506 g/mol. The Morgan fingerprint density at radius 3 is 2.47 bits per heavy atom. The Kier molecular flexibility index (Phi) is 7.73. The van der Waals surface area contributed by atoms with Gasteiger partial charge < -0.3 is 30.3 Å². The molecule has 0 bridgehead atoms. The van der Waals surface area contributed by atoms with Crippen LogP contribution in [0.5, 0.6) is 0 Å². The van der Waals surface area contributed by atoms with E-state index < -0.39 is 11.4 Å². The van der Waals surface area contributed by atoms with E-state index in [0.717, 1.165) is 33.0 Å². The molecular formula is C26H33N7O4S. The Bertz CT molecular complexity index is 1300. The van der Waals surface area contributed by atoms with Gasteiger partial charge in [-0.25, -0.2) is 15.0 Å². The topological polar surface area (TPSA) is 133 Å². The summed E-state index contributed by atoms with van der Waals surface area (Å²) < 4.78 is 6.28. The van der Waals surface area contributed by atoms with E-state index in [1.165, 1.54) is 11.3 Å². The number of anilines is 2. The zero-order chi connectivity index (χ0) is 26.7. The number of ether oxygens (including phenoxy) is 1. The maximum Gasteiger partial charge on any atom is 0.309 e. The molecule has 2 aliphatic heterocycles. The predicted molar refractivity (Wildman–Crippen MR) is 147 cm³/mol. The van der Waals surface area contributed by atoms with Gasteiger partial charge in [0.25, 0.3) is 5.91 Å². The van der Waals surface area contributed by atoms with Crippen LogP contribution in [0.4, 0.5) is 11.1 Å². The van der Waals surface area contributed by atoms with E-state index in [4.69, 9.17) is 9.72 Å². The van der Waals surface area contributed by atoms with Gasteiger partial charge in [-0.2, -0.15) is 0 Å². The lowest BCUT2D eigenvalue weighted by Gasteiger charge is -2.36. The summed E-state index contributed by atoms with van der Waals surface area (Å²) in [5.74, 6) is -0.210. The monoisotopic (exact) mass is 539 g/mol. The largest absolute Gasteiger partial charge is 0.481 e. The van der Waals surface area contributed by atoms with Crippen LogP contribution < -0.4 is 15.5 Å². The van der Waals surface area contributed by atoms with Gasteiger partial charge in [-0.15, -0.1) is 0 Å². The van der Waals surface area contributed by atoms with Gasteiger partial charge >= 0.3 is 5.97 Å². The molecule has 2 aromatic heterocycles. The number of aromatic nitrogens is 3. The van der Waals surface area contributed by atoms with Crippen molar-refractivity contribution in [3.05, 3.63) is 30.1 Å². The number of nitrogens with one attached hydrogen (secondary N) is 2. The van der Waals surface area contributed by atoms with Gasteiger partial charge in [-0.1, -0.05) is 18.3 Å². The van der Waals surface area contributed by atoms with Crippen molar-refractivity contribution in [1.82, 2.24) is 25.2 Å². The molecule has 12 heteroatoms. The zero-order valence-electron chi connectivity index (χ0n) is 21.7. The number of thiazole rings is 1. The summed E-state index contributed by atoms with van der Waals surface area (Å²) in [5, 5.41) is 16.8. The maximum atomic E-state index is 13.6. The molecule has 0 radical (unpaired) electrons. The van der Waals surface area contributed by atoms with E-state index in [-0.39, 0.29) is 5.91 Å². The van der Waals surface area contributed by atoms with Crippen molar-refractivity contribution in [3.8, 4) is 11.1 Å². The fourth-order valence-corrected chi connectivity index (χ4v) is 5.63. The highest BCUT2D eigenvalue weighted by atomic mass is 32.1. The van der Waals surface area contributed by atoms with Crippen LogP contribution in [0.3, 0.4) is 0 Å². The normalized spacial score (nSPS) is 17.5. The Labute approximate surface area is 225 Å². The van der Waals surface area contributed by atoms with Gasteiger partial charge in [0, 0.05) is 44.1 Å². The number of nitrogens with zero attached hydrogens (tertiary/aromatic N) is 5. The highest BCUT2D eigenvalue weighted by molar-refractivity contribution is 7.22. The third-order valence-electron chi connectivity index (χ3n) is 7.27. The Morgan fingerprint density at radius 1 is 1.11 bits per heavy atom. The van der Waals surface area contributed by atoms with Crippen LogP contribution in [0.2, 0.25) is 0 Å². The zero-order valence-corrected chi connectivity index (χ0v) is 22.5. The predicted octanol–water partition coefficient (Wildman–Crippen LogP) is 2.90. The molecule has 3 aromatic rings. The van der Waals surface area contributed by atoms with Crippen LogP contribution >= 0.6 is 11.3 Å². The number of hydrogen-bond donors (Lipinski definition) is 3. The minimum Gasteiger partial charge on any atom is -0.481 e. The van der Waals surface area contributed by atoms with Gasteiger partial charge in [-0.3, -0.25) is 9.59 Å². The second-order valence-electron chi connectivity index (χ2n) is 9.88. The van der Waals surface area contributed by atoms with Crippen LogP contribution in [-0.4, -0.2) is 89.4 Å². The molecule has 0 unspecified atom stereocenters. The molecule has 1 amide bonds. The van der Waals surface area contributed by atoms with Crippen LogP contribution in [0, 0.1) is 5.41 Å². The molecule has 0 atom stereocenters. The third kappa shape index (κ3) is 5.42. The number of fused-ring (bicyclic) bond motifs is 1. The SMILES string of the molecule is CCNCNc1nc2cc(-c3cnc(N4CCC(C)(C(=O)O)CC4)nc3)cc(C(=O)N3CCOCC3)c2s1. The van der Waals surface area contributed by atoms with Crippen molar-refractivity contribution in [2.45, 2.75) is 26.7 Å². The Balaban J connectivity index is 1.43. The number of benzene rings is 1. The van der Waals surface area contributed by atoms with Crippen molar-refractivity contribution in [1.29, 1.82) is 0 Å². The maximum absolute atomic E-state index is 13.6. The Hall–Kier alpha value is -3.35. The summed E-state index contributed by atoms with van der Waals surface area (Å²) in [7, 11) is 0. The molecule has 0 spiro atoms. The highest BCUT2D eigenvalue weighted by Gasteiger charge is 2.37. The van der Waals surface area contributed by atoms with Crippen LogP contribution in [-0.2, 0) is 9.53 Å². The number of carboxylic acid groups (broad SMARTS) is 1. The first-order valence-corrected chi connectivity index (χ1v) is 13.8. The summed E-state index contributed by atoms with van der Waals surface area (Å²) in [4.78, 5) is 42.9. The standard InChI is InChI=1S/C26H33N7O4S/c1-3-27-16-30-25-31-20-13-17(12-19(21(20)38-25)22(34)32-8-10-37-11-9-32)18-14-28-24(29-15-18)33-6-4-26(2,5-7-33)23(35)36/h12-15,27H,3-11,16H2,1-2H3,(H,30,31)(H,35,36). The van der Waals surface area contributed by atoms with Crippen molar-refractivity contribution >= 4 is 44.5 Å². The van der Waals surface area contributed by atoms with E-state index in [2.05, 4.69) is 20.6 Å². The average Bonchev–Trinajstić information content (AvgIpc) is 3.36. The fourth-order valence-electron chi connectivity index (χ4n) is 4.68. The van der Waals surface area contributed by atoms with E-state index in [9.17, 15) is 14.7 Å². The number of piperidine rings is 1. The van der Waals surface area contributed by atoms with E-state index in [0.29, 0.717) is 70.4 Å². The van der Waals surface area contributed by atoms with Crippen LogP contribution in [0.15, 0.2) is 24.5 Å². The van der Waals surface area contributed by atoms with Crippen molar-refractivity contribution in [3.63, 3.8) is 0 Å². The van der Waals surface area contributed by atoms with Crippen molar-refractivity contribution in [2.24, 2.45) is 5.41 Å². The molecule has 0 aliphatic carbocycles. The first kappa shape index (κ1) is 26.3. The molecule has 1 aromatic carbocycles. The van der Waals surface area contributed by atoms with Crippen LogP contribution in [0.1, 0.15) is 37.0 Å². The van der Waals surface area contributed by atoms with E-state index in [1.54, 1.807) is 19.3 Å². The summed E-state index contributed by atoms with van der Waals surface area (Å²) in [6, 6.07) is 3.88. The van der Waals surface area contributed by atoms with Gasteiger partial charge in [0.05, 0.1) is 41.1 Å². The molecule has 11 nitrogen and oxygen atoms in total. The fraction of sp³-hybridized carbons (Fsp3) is 0.500. The molecule has 3 N–H and O–H groups in total. The molecule has 202 valence electrons. The number of carboxylic acids is 1. The summed E-state index contributed by atoms with van der Waals surface area (Å²) in [6.45, 7) is 8.63. The average molecular weight is 540 g/mol. The van der Waals surface area contributed by atoms with Gasteiger partial charge in [-0.05, 0) is 44.0 Å². The minimum absolute atomic E-state index is 0.0330. The summed E-state index contributed by atoms with van der Waals surface area (Å²) >= 11 is 1.47. The molecule has 2 fully saturated rings.